The number of aryl methyl sites for hydroxylation is 1. The number of anilines is 1. The van der Waals surface area contributed by atoms with Gasteiger partial charge in [-0.2, -0.15) is 0 Å². The number of carbonyl (C=O) groups is 2. The fraction of sp³-hybridized carbons (Fsp3) is 0.188. The summed E-state index contributed by atoms with van der Waals surface area (Å²) >= 11 is 0. The monoisotopic (exact) mass is 316 g/mol. The van der Waals surface area contributed by atoms with Crippen LogP contribution >= 0.6 is 0 Å². The van der Waals surface area contributed by atoms with Gasteiger partial charge in [0.25, 0.3) is 5.56 Å². The third-order valence-electron chi connectivity index (χ3n) is 3.21. The highest BCUT2D eigenvalue weighted by Gasteiger charge is 2.14. The molecular weight excluding hydrogens is 300 g/mol. The van der Waals surface area contributed by atoms with Crippen LogP contribution in [0.3, 0.4) is 0 Å². The molecule has 0 aliphatic carbocycles. The van der Waals surface area contributed by atoms with Crippen LogP contribution in [-0.4, -0.2) is 28.7 Å². The lowest BCUT2D eigenvalue weighted by atomic mass is 10.1. The SMILES string of the molecule is COc1ccc(NC(=O)CCn2ccccc2=O)c(C(=O)O)c1. The molecule has 0 aliphatic rings. The van der Waals surface area contributed by atoms with E-state index in [1.54, 1.807) is 24.4 Å². The zero-order chi connectivity index (χ0) is 16.8. The summed E-state index contributed by atoms with van der Waals surface area (Å²) in [6.07, 6.45) is 1.64. The number of hydrogen-bond donors (Lipinski definition) is 2. The lowest BCUT2D eigenvalue weighted by Crippen LogP contribution is -2.22. The quantitative estimate of drug-likeness (QED) is 0.843. The van der Waals surface area contributed by atoms with Gasteiger partial charge in [-0.3, -0.25) is 9.59 Å². The molecule has 7 heteroatoms. The normalized spacial score (nSPS) is 10.1. The highest BCUT2D eigenvalue weighted by atomic mass is 16.5. The van der Waals surface area contributed by atoms with Crippen molar-refractivity contribution in [3.8, 4) is 5.75 Å². The van der Waals surface area contributed by atoms with E-state index in [-0.39, 0.29) is 35.7 Å². The molecule has 0 atom stereocenters. The second kappa shape index (κ2) is 7.26. The van der Waals surface area contributed by atoms with Crippen molar-refractivity contribution in [2.24, 2.45) is 0 Å². The van der Waals surface area contributed by atoms with Crippen molar-refractivity contribution in [3.05, 3.63) is 58.5 Å². The molecule has 0 bridgehead atoms. The molecule has 0 spiro atoms. The second-order valence-electron chi connectivity index (χ2n) is 4.75. The van der Waals surface area contributed by atoms with Crippen LogP contribution in [0.5, 0.6) is 5.75 Å². The first-order valence-electron chi connectivity index (χ1n) is 6.88. The van der Waals surface area contributed by atoms with Crippen LogP contribution in [0.4, 0.5) is 5.69 Å². The van der Waals surface area contributed by atoms with Crippen molar-refractivity contribution in [3.63, 3.8) is 0 Å². The number of carbonyl (C=O) groups excluding carboxylic acids is 1. The van der Waals surface area contributed by atoms with Crippen LogP contribution in [0, 0.1) is 0 Å². The molecule has 0 unspecified atom stereocenters. The molecule has 0 saturated carbocycles. The van der Waals surface area contributed by atoms with E-state index in [0.717, 1.165) is 0 Å². The fourth-order valence-corrected chi connectivity index (χ4v) is 2.02. The average molecular weight is 316 g/mol. The summed E-state index contributed by atoms with van der Waals surface area (Å²) in [5.74, 6) is -1.16. The summed E-state index contributed by atoms with van der Waals surface area (Å²) in [5.41, 5.74) is -0.0748. The Morgan fingerprint density at radius 1 is 1.26 bits per heavy atom. The Hall–Kier alpha value is -3.09. The fourth-order valence-electron chi connectivity index (χ4n) is 2.02. The number of carboxylic acid groups (broad SMARTS) is 1. The molecule has 0 fully saturated rings. The third kappa shape index (κ3) is 4.19. The maximum absolute atomic E-state index is 12.0. The van der Waals surface area contributed by atoms with Crippen molar-refractivity contribution in [1.82, 2.24) is 4.57 Å². The molecule has 7 nitrogen and oxygen atoms in total. The molecule has 1 aromatic heterocycles. The van der Waals surface area contributed by atoms with Crippen molar-refractivity contribution in [2.45, 2.75) is 13.0 Å². The number of hydrogen-bond acceptors (Lipinski definition) is 4. The summed E-state index contributed by atoms with van der Waals surface area (Å²) in [4.78, 5) is 34.8. The Labute approximate surface area is 132 Å². The first kappa shape index (κ1) is 16.3. The predicted molar refractivity (Wildman–Crippen MR) is 83.9 cm³/mol. The number of amides is 1. The van der Waals surface area contributed by atoms with Gasteiger partial charge in [-0.25, -0.2) is 4.79 Å². The molecule has 1 aromatic carbocycles. The van der Waals surface area contributed by atoms with Crippen molar-refractivity contribution >= 4 is 17.6 Å². The van der Waals surface area contributed by atoms with Gasteiger partial charge in [-0.1, -0.05) is 6.07 Å². The summed E-state index contributed by atoms with van der Waals surface area (Å²) in [6.45, 7) is 0.212. The number of carboxylic acids is 1. The highest BCUT2D eigenvalue weighted by molar-refractivity contribution is 6.00. The summed E-state index contributed by atoms with van der Waals surface area (Å²) in [6, 6.07) is 9.09. The van der Waals surface area contributed by atoms with Crippen molar-refractivity contribution in [2.75, 3.05) is 12.4 Å². The van der Waals surface area contributed by atoms with Crippen molar-refractivity contribution in [1.29, 1.82) is 0 Å². The van der Waals surface area contributed by atoms with Gasteiger partial charge in [0, 0.05) is 25.2 Å². The van der Waals surface area contributed by atoms with E-state index in [0.29, 0.717) is 5.75 Å². The van der Waals surface area contributed by atoms with E-state index in [1.807, 2.05) is 0 Å². The first-order valence-corrected chi connectivity index (χ1v) is 6.88. The number of nitrogens with one attached hydrogen (secondary N) is 1. The number of nitrogens with zero attached hydrogens (tertiary/aromatic N) is 1. The lowest BCUT2D eigenvalue weighted by Gasteiger charge is -2.10. The van der Waals surface area contributed by atoms with Gasteiger partial charge in [0.15, 0.2) is 0 Å². The van der Waals surface area contributed by atoms with Gasteiger partial charge in [0.05, 0.1) is 18.4 Å². The van der Waals surface area contributed by atoms with E-state index < -0.39 is 5.97 Å². The summed E-state index contributed by atoms with van der Waals surface area (Å²) in [7, 11) is 1.43. The van der Waals surface area contributed by atoms with Crippen LogP contribution in [0.1, 0.15) is 16.8 Å². The molecule has 0 aliphatic heterocycles. The standard InChI is InChI=1S/C16H16N2O5/c1-23-11-5-6-13(12(10-11)16(21)22)17-14(19)7-9-18-8-3-2-4-15(18)20/h2-6,8,10H,7,9H2,1H3,(H,17,19)(H,21,22). The van der Waals surface area contributed by atoms with E-state index in [9.17, 15) is 19.5 Å². The maximum Gasteiger partial charge on any atom is 0.337 e. The van der Waals surface area contributed by atoms with Gasteiger partial charge in [0.1, 0.15) is 5.75 Å². The largest absolute Gasteiger partial charge is 0.497 e. The Bertz CT molecular complexity index is 782. The molecule has 1 heterocycles. The lowest BCUT2D eigenvalue weighted by molar-refractivity contribution is -0.116. The first-order chi connectivity index (χ1) is 11.0. The topological polar surface area (TPSA) is 97.6 Å². The molecule has 2 rings (SSSR count). The molecule has 0 radical (unpaired) electrons. The van der Waals surface area contributed by atoms with Gasteiger partial charge in [-0.05, 0) is 24.3 Å². The minimum atomic E-state index is -1.17. The number of pyridine rings is 1. The maximum atomic E-state index is 12.0. The third-order valence-corrected chi connectivity index (χ3v) is 3.21. The number of aromatic nitrogens is 1. The van der Waals surface area contributed by atoms with E-state index in [2.05, 4.69) is 5.32 Å². The van der Waals surface area contributed by atoms with Crippen LogP contribution < -0.4 is 15.6 Å². The predicted octanol–water partition coefficient (Wildman–Crippen LogP) is 1.58. The summed E-state index contributed by atoms with van der Waals surface area (Å²) in [5, 5.41) is 11.7. The van der Waals surface area contributed by atoms with E-state index >= 15 is 0 Å². The second-order valence-corrected chi connectivity index (χ2v) is 4.75. The smallest absolute Gasteiger partial charge is 0.337 e. The van der Waals surface area contributed by atoms with Crippen molar-refractivity contribution < 1.29 is 19.4 Å². The minimum Gasteiger partial charge on any atom is -0.497 e. The number of benzene rings is 1. The highest BCUT2D eigenvalue weighted by Crippen LogP contribution is 2.22. The number of aromatic carboxylic acids is 1. The summed E-state index contributed by atoms with van der Waals surface area (Å²) < 4.78 is 6.38. The molecule has 23 heavy (non-hydrogen) atoms. The average Bonchev–Trinajstić information content (AvgIpc) is 2.54. The zero-order valence-electron chi connectivity index (χ0n) is 12.5. The Kier molecular flexibility index (Phi) is 5.14. The van der Waals surface area contributed by atoms with Crippen LogP contribution in [0.2, 0.25) is 0 Å². The van der Waals surface area contributed by atoms with Crippen LogP contribution in [-0.2, 0) is 11.3 Å². The minimum absolute atomic E-state index is 0.0506. The Balaban J connectivity index is 2.07. The van der Waals surface area contributed by atoms with Crippen LogP contribution in [0.15, 0.2) is 47.4 Å². The zero-order valence-corrected chi connectivity index (χ0v) is 12.5. The number of rotatable bonds is 6. The van der Waals surface area contributed by atoms with Gasteiger partial charge in [-0.15, -0.1) is 0 Å². The molecule has 120 valence electrons. The van der Waals surface area contributed by atoms with Crippen LogP contribution in [0.25, 0.3) is 0 Å². The van der Waals surface area contributed by atoms with Gasteiger partial charge in [0.2, 0.25) is 5.91 Å². The van der Waals surface area contributed by atoms with Gasteiger partial charge < -0.3 is 19.7 Å². The molecule has 1 amide bonds. The van der Waals surface area contributed by atoms with E-state index in [1.165, 1.54) is 29.9 Å². The Morgan fingerprint density at radius 3 is 2.70 bits per heavy atom. The number of methoxy groups -OCH3 is 1. The molecule has 2 aromatic rings. The molecule has 0 saturated heterocycles. The number of ether oxygens (including phenoxy) is 1. The van der Waals surface area contributed by atoms with Gasteiger partial charge >= 0.3 is 5.97 Å². The Morgan fingerprint density at radius 2 is 2.04 bits per heavy atom. The van der Waals surface area contributed by atoms with E-state index in [4.69, 9.17) is 4.74 Å². The molecule has 2 N–H and O–H groups in total. The molecular formula is C16H16N2O5.